The van der Waals surface area contributed by atoms with E-state index < -0.39 is 0 Å². The van der Waals surface area contributed by atoms with Crippen LogP contribution in [0.25, 0.3) is 22.4 Å². The number of rotatable bonds is 4. The largest absolute Gasteiger partial charge is 0.338 e. The van der Waals surface area contributed by atoms with Gasteiger partial charge in [-0.25, -0.2) is 9.78 Å². The second-order valence-electron chi connectivity index (χ2n) is 8.27. The molecule has 1 aliphatic carbocycles. The molecule has 2 aromatic carbocycles. The lowest BCUT2D eigenvalue weighted by Gasteiger charge is -2.21. The third kappa shape index (κ3) is 3.14. The standard InChI is InChI=1S/C22H25N5O/c1-26(2)11-16-17-12-27(13-18(16)17)22(28)23-15-9-7-14(8-10-15)21-24-19-5-3-4-6-20(19)25-21/h3-10,16-18H,11-13H2,1-2H3,(H,23,28)(H,24,25)/t16?,17-,18+. The Hall–Kier alpha value is -2.86. The maximum Gasteiger partial charge on any atom is 0.321 e. The summed E-state index contributed by atoms with van der Waals surface area (Å²) in [5.41, 5.74) is 3.79. The Kier molecular flexibility index (Phi) is 4.09. The summed E-state index contributed by atoms with van der Waals surface area (Å²) < 4.78 is 0. The van der Waals surface area contributed by atoms with Gasteiger partial charge in [-0.15, -0.1) is 0 Å². The van der Waals surface area contributed by atoms with Crippen LogP contribution in [0, 0.1) is 17.8 Å². The highest BCUT2D eigenvalue weighted by Crippen LogP contribution is 2.51. The first-order valence-corrected chi connectivity index (χ1v) is 9.84. The van der Waals surface area contributed by atoms with Crippen molar-refractivity contribution < 1.29 is 4.79 Å². The highest BCUT2D eigenvalue weighted by Gasteiger charge is 2.56. The van der Waals surface area contributed by atoms with Crippen LogP contribution in [0.15, 0.2) is 48.5 Å². The lowest BCUT2D eigenvalue weighted by molar-refractivity contribution is 0.212. The number of aromatic nitrogens is 2. The van der Waals surface area contributed by atoms with Crippen LogP contribution in [0.1, 0.15) is 0 Å². The van der Waals surface area contributed by atoms with E-state index in [9.17, 15) is 4.79 Å². The summed E-state index contributed by atoms with van der Waals surface area (Å²) in [7, 11) is 4.24. The molecular weight excluding hydrogens is 350 g/mol. The minimum Gasteiger partial charge on any atom is -0.338 e. The van der Waals surface area contributed by atoms with E-state index in [2.05, 4.69) is 34.3 Å². The minimum atomic E-state index is 0.00675. The van der Waals surface area contributed by atoms with Crippen LogP contribution in [0.4, 0.5) is 10.5 Å². The van der Waals surface area contributed by atoms with Crippen LogP contribution in [0.5, 0.6) is 0 Å². The van der Waals surface area contributed by atoms with Crippen molar-refractivity contribution in [1.82, 2.24) is 19.8 Å². The topological polar surface area (TPSA) is 64.3 Å². The number of H-pyrrole nitrogens is 1. The molecule has 0 spiro atoms. The van der Waals surface area contributed by atoms with Crippen molar-refractivity contribution in [1.29, 1.82) is 0 Å². The molecule has 2 N–H and O–H groups in total. The third-order valence-electron chi connectivity index (χ3n) is 6.03. The quantitative estimate of drug-likeness (QED) is 0.734. The van der Waals surface area contributed by atoms with Crippen molar-refractivity contribution in [2.75, 3.05) is 39.0 Å². The molecule has 2 aliphatic rings. The fraction of sp³-hybridized carbons (Fsp3) is 0.364. The lowest BCUT2D eigenvalue weighted by atomic mass is 10.2. The number of fused-ring (bicyclic) bond motifs is 2. The number of nitrogens with zero attached hydrogens (tertiary/aromatic N) is 3. The Balaban J connectivity index is 1.21. The molecule has 5 rings (SSSR count). The summed E-state index contributed by atoms with van der Waals surface area (Å²) in [6.07, 6.45) is 0. The first-order valence-electron chi connectivity index (χ1n) is 9.84. The van der Waals surface area contributed by atoms with E-state index in [1.54, 1.807) is 0 Å². The van der Waals surface area contributed by atoms with E-state index in [1.165, 1.54) is 0 Å². The molecule has 1 saturated carbocycles. The van der Waals surface area contributed by atoms with Crippen LogP contribution >= 0.6 is 0 Å². The second kappa shape index (κ2) is 6.63. The van der Waals surface area contributed by atoms with E-state index in [1.807, 2.05) is 53.4 Å². The van der Waals surface area contributed by atoms with Gasteiger partial charge in [0.2, 0.25) is 0 Å². The van der Waals surface area contributed by atoms with Crippen molar-refractivity contribution in [3.63, 3.8) is 0 Å². The highest BCUT2D eigenvalue weighted by atomic mass is 16.2. The zero-order valence-electron chi connectivity index (χ0n) is 16.2. The molecule has 2 fully saturated rings. The summed E-state index contributed by atoms with van der Waals surface area (Å²) in [6.45, 7) is 2.90. The first kappa shape index (κ1) is 17.3. The van der Waals surface area contributed by atoms with Crippen LogP contribution in [0.3, 0.4) is 0 Å². The lowest BCUT2D eigenvalue weighted by Crippen LogP contribution is -2.36. The number of imidazole rings is 1. The van der Waals surface area contributed by atoms with Crippen molar-refractivity contribution >= 4 is 22.8 Å². The molecule has 3 aromatic rings. The summed E-state index contributed by atoms with van der Waals surface area (Å²) >= 11 is 0. The number of para-hydroxylation sites is 2. The molecule has 28 heavy (non-hydrogen) atoms. The predicted octanol–water partition coefficient (Wildman–Crippen LogP) is 3.50. The van der Waals surface area contributed by atoms with Crippen molar-refractivity contribution in [2.45, 2.75) is 0 Å². The molecule has 0 bridgehead atoms. The van der Waals surface area contributed by atoms with Crippen molar-refractivity contribution in [2.24, 2.45) is 17.8 Å². The maximum absolute atomic E-state index is 12.6. The fourth-order valence-electron chi connectivity index (χ4n) is 4.51. The maximum atomic E-state index is 12.6. The van der Waals surface area contributed by atoms with Gasteiger partial charge in [0.25, 0.3) is 0 Å². The summed E-state index contributed by atoms with van der Waals surface area (Å²) in [6, 6.07) is 15.8. The van der Waals surface area contributed by atoms with Gasteiger partial charge >= 0.3 is 6.03 Å². The van der Waals surface area contributed by atoms with Crippen LogP contribution < -0.4 is 5.32 Å². The molecule has 6 nitrogen and oxygen atoms in total. The number of nitrogens with one attached hydrogen (secondary N) is 2. The van der Waals surface area contributed by atoms with Gasteiger partial charge in [-0.1, -0.05) is 12.1 Å². The predicted molar refractivity (Wildman–Crippen MR) is 111 cm³/mol. The van der Waals surface area contributed by atoms with E-state index >= 15 is 0 Å². The number of urea groups is 1. The number of aromatic amines is 1. The van der Waals surface area contributed by atoms with Gasteiger partial charge in [0.15, 0.2) is 0 Å². The molecule has 144 valence electrons. The minimum absolute atomic E-state index is 0.00675. The first-order chi connectivity index (χ1) is 13.6. The van der Waals surface area contributed by atoms with Crippen LogP contribution in [-0.4, -0.2) is 59.5 Å². The number of hydrogen-bond donors (Lipinski definition) is 2. The molecule has 1 saturated heterocycles. The van der Waals surface area contributed by atoms with Gasteiger partial charge in [-0.3, -0.25) is 0 Å². The smallest absolute Gasteiger partial charge is 0.321 e. The molecule has 1 aromatic heterocycles. The number of hydrogen-bond acceptors (Lipinski definition) is 3. The van der Waals surface area contributed by atoms with E-state index in [0.29, 0.717) is 11.8 Å². The molecule has 0 radical (unpaired) electrons. The number of likely N-dealkylation sites (tertiary alicyclic amines) is 1. The number of anilines is 1. The van der Waals surface area contributed by atoms with Crippen LogP contribution in [0.2, 0.25) is 0 Å². The Bertz CT molecular complexity index is 964. The zero-order valence-corrected chi connectivity index (χ0v) is 16.2. The zero-order chi connectivity index (χ0) is 19.3. The molecule has 2 heterocycles. The molecular formula is C22H25N5O. The molecule has 2 amide bonds. The number of carbonyl (C=O) groups is 1. The normalized spacial score (nSPS) is 23.2. The van der Waals surface area contributed by atoms with Gasteiger partial charge < -0.3 is 20.1 Å². The van der Waals surface area contributed by atoms with E-state index in [0.717, 1.165) is 53.7 Å². The van der Waals surface area contributed by atoms with Gasteiger partial charge in [-0.05, 0) is 68.2 Å². The number of piperidine rings is 1. The monoisotopic (exact) mass is 375 g/mol. The average Bonchev–Trinajstić information content (AvgIpc) is 3.07. The summed E-state index contributed by atoms with van der Waals surface area (Å²) in [5, 5.41) is 3.03. The third-order valence-corrected chi connectivity index (χ3v) is 6.03. The Morgan fingerprint density at radius 1 is 1.14 bits per heavy atom. The van der Waals surface area contributed by atoms with Gasteiger partial charge in [0.1, 0.15) is 5.82 Å². The number of amides is 2. The molecule has 1 unspecified atom stereocenters. The number of benzene rings is 2. The second-order valence-corrected chi connectivity index (χ2v) is 8.27. The summed E-state index contributed by atoms with van der Waals surface area (Å²) in [4.78, 5) is 24.7. The van der Waals surface area contributed by atoms with Gasteiger partial charge in [0.05, 0.1) is 11.0 Å². The van der Waals surface area contributed by atoms with Gasteiger partial charge in [0, 0.05) is 30.9 Å². The molecule has 3 atom stereocenters. The highest BCUT2D eigenvalue weighted by molar-refractivity contribution is 5.90. The van der Waals surface area contributed by atoms with Crippen molar-refractivity contribution in [3.05, 3.63) is 48.5 Å². The molecule has 1 aliphatic heterocycles. The Morgan fingerprint density at radius 2 is 1.86 bits per heavy atom. The number of carbonyl (C=O) groups excluding carboxylic acids is 1. The molecule has 6 heteroatoms. The van der Waals surface area contributed by atoms with E-state index in [4.69, 9.17) is 0 Å². The van der Waals surface area contributed by atoms with E-state index in [-0.39, 0.29) is 6.03 Å². The van der Waals surface area contributed by atoms with Crippen molar-refractivity contribution in [3.8, 4) is 11.4 Å². The van der Waals surface area contributed by atoms with Gasteiger partial charge in [-0.2, -0.15) is 0 Å². The summed E-state index contributed by atoms with van der Waals surface area (Å²) in [5.74, 6) is 2.97. The Morgan fingerprint density at radius 3 is 2.54 bits per heavy atom. The Labute approximate surface area is 164 Å². The average molecular weight is 375 g/mol. The fourth-order valence-corrected chi connectivity index (χ4v) is 4.51. The SMILES string of the molecule is CN(C)CC1[C@H]2CN(C(=O)Nc3ccc(-c4nc5ccccc5[nH]4)cc3)C[C@@H]12. The van der Waals surface area contributed by atoms with Crippen LogP contribution in [-0.2, 0) is 0 Å².